The van der Waals surface area contributed by atoms with Crippen molar-refractivity contribution in [2.24, 2.45) is 4.99 Å². The van der Waals surface area contributed by atoms with Gasteiger partial charge in [0.05, 0.1) is 18.4 Å². The summed E-state index contributed by atoms with van der Waals surface area (Å²) in [5.41, 5.74) is 5.32. The molecule has 3 aliphatic rings. The van der Waals surface area contributed by atoms with Crippen LogP contribution in [0.25, 0.3) is 11.1 Å². The zero-order valence-electron chi connectivity index (χ0n) is 22.7. The van der Waals surface area contributed by atoms with Crippen LogP contribution >= 0.6 is 11.6 Å². The Morgan fingerprint density at radius 3 is 2.59 bits per heavy atom. The van der Waals surface area contributed by atoms with Crippen LogP contribution in [0.2, 0.25) is 0 Å². The van der Waals surface area contributed by atoms with Gasteiger partial charge in [0.25, 0.3) is 5.91 Å². The average Bonchev–Trinajstić information content (AvgIpc) is 3.16. The molecule has 0 atom stereocenters. The van der Waals surface area contributed by atoms with E-state index in [4.69, 9.17) is 21.3 Å². The number of halogens is 2. The van der Waals surface area contributed by atoms with E-state index in [1.807, 2.05) is 35.2 Å². The van der Waals surface area contributed by atoms with Crippen LogP contribution in [0.15, 0.2) is 77.6 Å². The molecule has 0 bridgehead atoms. The van der Waals surface area contributed by atoms with Crippen molar-refractivity contribution in [1.29, 1.82) is 0 Å². The average molecular weight is 571 g/mol. The van der Waals surface area contributed by atoms with Crippen LogP contribution in [0.5, 0.6) is 5.75 Å². The van der Waals surface area contributed by atoms with Gasteiger partial charge in [-0.15, -0.1) is 0 Å². The Balaban J connectivity index is 1.26. The Kier molecular flexibility index (Phi) is 7.38. The Morgan fingerprint density at radius 2 is 1.83 bits per heavy atom. The summed E-state index contributed by atoms with van der Waals surface area (Å²) in [6.07, 6.45) is 7.63. The predicted octanol–water partition coefficient (Wildman–Crippen LogP) is 5.31. The molecule has 0 saturated carbocycles. The second kappa shape index (κ2) is 11.3. The summed E-state index contributed by atoms with van der Waals surface area (Å²) in [5, 5.41) is 3.45. The van der Waals surface area contributed by atoms with Crippen molar-refractivity contribution in [3.8, 4) is 5.75 Å². The lowest BCUT2D eigenvalue weighted by molar-refractivity contribution is 0.0664. The Labute approximate surface area is 242 Å². The number of allylic oxidation sites excluding steroid dienone is 5. The van der Waals surface area contributed by atoms with Crippen LogP contribution in [0.1, 0.15) is 27.2 Å². The van der Waals surface area contributed by atoms with Gasteiger partial charge in [-0.2, -0.15) is 0 Å². The second-order valence-electron chi connectivity index (χ2n) is 10.1. The van der Waals surface area contributed by atoms with Crippen LogP contribution in [0.3, 0.4) is 0 Å². The van der Waals surface area contributed by atoms with Crippen molar-refractivity contribution in [3.05, 3.63) is 101 Å². The molecule has 1 amide bonds. The molecule has 1 N–H and O–H groups in total. The summed E-state index contributed by atoms with van der Waals surface area (Å²) in [6.45, 7) is 3.19. The predicted molar refractivity (Wildman–Crippen MR) is 159 cm³/mol. The maximum Gasteiger partial charge on any atom is 0.253 e. The zero-order valence-corrected chi connectivity index (χ0v) is 23.5. The second-order valence-corrected chi connectivity index (χ2v) is 10.4. The first-order chi connectivity index (χ1) is 19.9. The first-order valence-electron chi connectivity index (χ1n) is 13.3. The molecule has 0 spiro atoms. The third-order valence-corrected chi connectivity index (χ3v) is 7.66. The maximum atomic E-state index is 15.1. The molecule has 1 saturated heterocycles. The summed E-state index contributed by atoms with van der Waals surface area (Å²) in [5.74, 6) is 0.391. The van der Waals surface area contributed by atoms with Gasteiger partial charge in [-0.05, 0) is 67.1 Å². The Hall–Kier alpha value is -4.34. The van der Waals surface area contributed by atoms with Crippen LogP contribution in [0.4, 0.5) is 16.0 Å². The number of aliphatic imine (C=N–C) groups is 1. The molecular weight excluding hydrogens is 543 g/mol. The van der Waals surface area contributed by atoms with Gasteiger partial charge < -0.3 is 19.9 Å². The van der Waals surface area contributed by atoms with E-state index in [1.54, 1.807) is 30.6 Å². The number of carbonyl (C=O) groups is 1. The van der Waals surface area contributed by atoms with Gasteiger partial charge >= 0.3 is 0 Å². The highest BCUT2D eigenvalue weighted by Crippen LogP contribution is 2.43. The number of hydrogen-bond acceptors (Lipinski definition) is 7. The third kappa shape index (κ3) is 5.38. The number of hydrogen-bond donors (Lipinski definition) is 1. The molecule has 0 unspecified atom stereocenters. The molecule has 3 heterocycles. The SMILES string of the molecule is COc1cccc(F)c1C1=CC(Cl)=NC=C2C1=CCc1cnc(Nc3ccc(C(=O)N4CCN(C)CC4)cc3)nc12. The van der Waals surface area contributed by atoms with Crippen LogP contribution < -0.4 is 10.1 Å². The topological polar surface area (TPSA) is 83.0 Å². The zero-order chi connectivity index (χ0) is 28.5. The lowest BCUT2D eigenvalue weighted by Gasteiger charge is -2.32. The number of ether oxygens (including phenoxy) is 1. The van der Waals surface area contributed by atoms with Crippen molar-refractivity contribution in [1.82, 2.24) is 19.8 Å². The van der Waals surface area contributed by atoms with Crippen LogP contribution in [0, 0.1) is 5.82 Å². The molecule has 41 heavy (non-hydrogen) atoms. The van der Waals surface area contributed by atoms with E-state index >= 15 is 4.39 Å². The molecule has 1 fully saturated rings. The molecule has 6 rings (SSSR count). The molecule has 2 aliphatic heterocycles. The third-order valence-electron chi connectivity index (χ3n) is 7.45. The molecule has 2 aromatic carbocycles. The highest BCUT2D eigenvalue weighted by Gasteiger charge is 2.28. The number of carbonyl (C=O) groups excluding carboxylic acids is 1. The summed E-state index contributed by atoms with van der Waals surface area (Å²) >= 11 is 6.40. The van der Waals surface area contributed by atoms with Gasteiger partial charge in [0.15, 0.2) is 0 Å². The number of nitrogens with one attached hydrogen (secondary N) is 1. The molecule has 10 heteroatoms. The van der Waals surface area contributed by atoms with Gasteiger partial charge in [-0.3, -0.25) is 4.79 Å². The summed E-state index contributed by atoms with van der Waals surface area (Å²) in [6, 6.07) is 12.0. The smallest absolute Gasteiger partial charge is 0.253 e. The molecular formula is C31H28ClFN6O2. The number of rotatable bonds is 5. The fourth-order valence-electron chi connectivity index (χ4n) is 5.21. The molecule has 1 aliphatic carbocycles. The van der Waals surface area contributed by atoms with E-state index in [0.717, 1.165) is 43.0 Å². The molecule has 208 valence electrons. The molecule has 0 radical (unpaired) electrons. The number of piperazine rings is 1. The Bertz CT molecular complexity index is 1640. The summed E-state index contributed by atoms with van der Waals surface area (Å²) in [4.78, 5) is 30.7. The van der Waals surface area contributed by atoms with Crippen molar-refractivity contribution in [2.75, 3.05) is 45.7 Å². The fraction of sp³-hybridized carbons (Fsp3) is 0.226. The van der Waals surface area contributed by atoms with E-state index in [1.165, 1.54) is 13.2 Å². The maximum absolute atomic E-state index is 15.1. The first-order valence-corrected chi connectivity index (χ1v) is 13.7. The van der Waals surface area contributed by atoms with Gasteiger partial charge in [-0.1, -0.05) is 23.7 Å². The van der Waals surface area contributed by atoms with Gasteiger partial charge in [-0.25, -0.2) is 19.4 Å². The molecule has 3 aromatic rings. The first kappa shape index (κ1) is 26.9. The lowest BCUT2D eigenvalue weighted by atomic mass is 9.84. The number of nitrogens with zero attached hydrogens (tertiary/aromatic N) is 5. The minimum absolute atomic E-state index is 0.0313. The number of benzene rings is 2. The van der Waals surface area contributed by atoms with Crippen molar-refractivity contribution in [2.45, 2.75) is 6.42 Å². The number of likely N-dealkylation sites (N-methyl/N-ethyl adjacent to an activating group) is 1. The Morgan fingerprint density at radius 1 is 1.05 bits per heavy atom. The van der Waals surface area contributed by atoms with E-state index in [-0.39, 0.29) is 11.1 Å². The number of anilines is 2. The highest BCUT2D eigenvalue weighted by atomic mass is 35.5. The van der Waals surface area contributed by atoms with E-state index in [9.17, 15) is 4.79 Å². The highest BCUT2D eigenvalue weighted by molar-refractivity contribution is 6.69. The van der Waals surface area contributed by atoms with Crippen LogP contribution in [-0.2, 0) is 6.42 Å². The summed E-state index contributed by atoms with van der Waals surface area (Å²) < 4.78 is 20.6. The van der Waals surface area contributed by atoms with E-state index < -0.39 is 5.82 Å². The van der Waals surface area contributed by atoms with Gasteiger partial charge in [0.2, 0.25) is 5.95 Å². The fourth-order valence-corrected chi connectivity index (χ4v) is 5.36. The van der Waals surface area contributed by atoms with Crippen molar-refractivity contribution < 1.29 is 13.9 Å². The minimum Gasteiger partial charge on any atom is -0.496 e. The summed E-state index contributed by atoms with van der Waals surface area (Å²) in [7, 11) is 3.57. The lowest BCUT2D eigenvalue weighted by Crippen LogP contribution is -2.47. The standard InChI is InChI=1S/C31H28ClFN6O2/c1-38-12-14-39(15-13-38)30(40)19-6-9-21(10-7-19)36-31-35-17-20-8-11-22-23(28-25(33)4-3-5-26(28)41-2)16-27(32)34-18-24(22)29(20)37-31/h3-7,9-11,16-18H,8,12-15H2,1-2H3,(H,35,36,37). The number of fused-ring (bicyclic) bond motifs is 3. The van der Waals surface area contributed by atoms with Gasteiger partial charge in [0.1, 0.15) is 16.7 Å². The van der Waals surface area contributed by atoms with E-state index in [2.05, 4.69) is 27.2 Å². The van der Waals surface area contributed by atoms with E-state index in [0.29, 0.717) is 46.1 Å². The number of amides is 1. The quantitative estimate of drug-likeness (QED) is 0.447. The molecule has 8 nitrogen and oxygen atoms in total. The van der Waals surface area contributed by atoms with Crippen LogP contribution in [-0.4, -0.2) is 71.2 Å². The monoisotopic (exact) mass is 570 g/mol. The van der Waals surface area contributed by atoms with Crippen molar-refractivity contribution >= 4 is 45.5 Å². The largest absolute Gasteiger partial charge is 0.496 e. The number of aromatic nitrogens is 2. The minimum atomic E-state index is -0.424. The molecule has 1 aromatic heterocycles. The normalized spacial score (nSPS) is 16.8. The number of methoxy groups -OCH3 is 1. The van der Waals surface area contributed by atoms with Gasteiger partial charge in [0, 0.05) is 61.0 Å². The van der Waals surface area contributed by atoms with Crippen molar-refractivity contribution in [3.63, 3.8) is 0 Å².